The molecule has 47 heavy (non-hydrogen) atoms. The van der Waals surface area contributed by atoms with Crippen LogP contribution < -0.4 is 19.8 Å². The van der Waals surface area contributed by atoms with E-state index in [9.17, 15) is 14.4 Å². The summed E-state index contributed by atoms with van der Waals surface area (Å²) in [5.74, 6) is 0.450. The number of aromatic nitrogens is 1. The van der Waals surface area contributed by atoms with Crippen LogP contribution in [-0.4, -0.2) is 75.5 Å². The van der Waals surface area contributed by atoms with E-state index in [1.54, 1.807) is 35.8 Å². The normalized spacial score (nSPS) is 13.1. The maximum absolute atomic E-state index is 14.3. The molecule has 11 heteroatoms. The molecule has 2 aromatic carbocycles. The molecule has 0 fully saturated rings. The molecule has 0 unspecified atom stereocenters. The molecule has 3 aromatic rings. The van der Waals surface area contributed by atoms with E-state index >= 15 is 0 Å². The van der Waals surface area contributed by atoms with Gasteiger partial charge in [0.25, 0.3) is 5.56 Å². The van der Waals surface area contributed by atoms with Crippen molar-refractivity contribution in [3.63, 3.8) is 0 Å². The summed E-state index contributed by atoms with van der Waals surface area (Å²) in [6.45, 7) is 8.40. The van der Waals surface area contributed by atoms with Crippen molar-refractivity contribution in [1.82, 2.24) is 9.47 Å². The van der Waals surface area contributed by atoms with E-state index in [-0.39, 0.29) is 30.7 Å². The summed E-state index contributed by atoms with van der Waals surface area (Å²) in [5, 5.41) is 0. The Labute approximate surface area is 275 Å². The van der Waals surface area contributed by atoms with Gasteiger partial charge in [0.2, 0.25) is 0 Å². The zero-order valence-electron chi connectivity index (χ0n) is 28.4. The molecule has 0 spiro atoms. The minimum absolute atomic E-state index is 0.0935. The average molecular weight is 649 g/mol. The van der Waals surface area contributed by atoms with Crippen molar-refractivity contribution >= 4 is 17.6 Å². The standard InChI is InChI=1S/C36H44N2O9/c1-9-28-31(25-12-10-23(11-13-25)24-16-18-37(19-17-24)35(41)47-36(2,3)4)38(21-26-14-15-27(43-6)20-29(26)44-7)33(39)30(34(40)45-8)32(28)46-22-42-5/h10-16,20H,9,17-19,21-22H2,1-8H3. The van der Waals surface area contributed by atoms with Crippen molar-refractivity contribution in [2.24, 2.45) is 0 Å². The Morgan fingerprint density at radius 3 is 2.19 bits per heavy atom. The maximum Gasteiger partial charge on any atom is 0.410 e. The van der Waals surface area contributed by atoms with Crippen LogP contribution in [0.2, 0.25) is 0 Å². The number of hydrogen-bond donors (Lipinski definition) is 0. The first-order valence-electron chi connectivity index (χ1n) is 15.4. The van der Waals surface area contributed by atoms with E-state index < -0.39 is 17.1 Å². The van der Waals surface area contributed by atoms with Gasteiger partial charge in [-0.25, -0.2) is 9.59 Å². The van der Waals surface area contributed by atoms with Crippen molar-refractivity contribution in [3.05, 3.63) is 81.1 Å². The number of rotatable bonds is 11. The second kappa shape index (κ2) is 15.2. The molecule has 1 aliphatic rings. The molecule has 0 saturated carbocycles. The molecule has 0 radical (unpaired) electrons. The first-order valence-corrected chi connectivity index (χ1v) is 15.4. The highest BCUT2D eigenvalue weighted by Crippen LogP contribution is 2.36. The third-order valence-electron chi connectivity index (χ3n) is 7.79. The Hall–Kier alpha value is -4.77. The predicted molar refractivity (Wildman–Crippen MR) is 178 cm³/mol. The number of amides is 1. The third kappa shape index (κ3) is 7.97. The number of hydrogen-bond acceptors (Lipinski definition) is 9. The van der Waals surface area contributed by atoms with Gasteiger partial charge in [0, 0.05) is 37.4 Å². The van der Waals surface area contributed by atoms with Crippen molar-refractivity contribution < 1.29 is 38.0 Å². The first-order chi connectivity index (χ1) is 22.5. The van der Waals surface area contributed by atoms with Gasteiger partial charge < -0.3 is 37.9 Å². The highest BCUT2D eigenvalue weighted by molar-refractivity contribution is 5.94. The molecule has 11 nitrogen and oxygen atoms in total. The number of nitrogens with zero attached hydrogens (tertiary/aromatic N) is 2. The van der Waals surface area contributed by atoms with E-state index in [0.717, 1.165) is 16.7 Å². The second-order valence-corrected chi connectivity index (χ2v) is 12.0. The van der Waals surface area contributed by atoms with Crippen molar-refractivity contribution in [2.75, 3.05) is 48.3 Å². The molecule has 0 atom stereocenters. The van der Waals surface area contributed by atoms with E-state index in [0.29, 0.717) is 54.3 Å². The summed E-state index contributed by atoms with van der Waals surface area (Å²) < 4.78 is 34.2. The van der Waals surface area contributed by atoms with Gasteiger partial charge in [0.15, 0.2) is 12.4 Å². The maximum atomic E-state index is 14.3. The summed E-state index contributed by atoms with van der Waals surface area (Å²) in [4.78, 5) is 41.5. The molecule has 252 valence electrons. The van der Waals surface area contributed by atoms with Crippen LogP contribution in [0.4, 0.5) is 4.79 Å². The molecule has 1 aliphatic heterocycles. The molecular weight excluding hydrogens is 604 g/mol. The highest BCUT2D eigenvalue weighted by atomic mass is 16.7. The number of benzene rings is 2. The van der Waals surface area contributed by atoms with Crippen LogP contribution in [0.15, 0.2) is 53.3 Å². The van der Waals surface area contributed by atoms with E-state index in [1.165, 1.54) is 14.2 Å². The predicted octanol–water partition coefficient (Wildman–Crippen LogP) is 5.94. The molecule has 2 heterocycles. The number of carbonyl (C=O) groups excluding carboxylic acids is 2. The lowest BCUT2D eigenvalue weighted by Gasteiger charge is -2.29. The van der Waals surface area contributed by atoms with Crippen molar-refractivity contribution in [1.29, 1.82) is 0 Å². The van der Waals surface area contributed by atoms with Gasteiger partial charge in [-0.1, -0.05) is 37.3 Å². The molecule has 0 aliphatic carbocycles. The molecule has 0 bridgehead atoms. The third-order valence-corrected chi connectivity index (χ3v) is 7.79. The summed E-state index contributed by atoms with van der Waals surface area (Å²) in [6, 6.07) is 13.2. The van der Waals surface area contributed by atoms with Gasteiger partial charge >= 0.3 is 12.1 Å². The molecule has 1 amide bonds. The second-order valence-electron chi connectivity index (χ2n) is 12.0. The van der Waals surface area contributed by atoms with Crippen LogP contribution in [0.25, 0.3) is 16.8 Å². The SMILES string of the molecule is CCc1c(OCOC)c(C(=O)OC)c(=O)n(Cc2ccc(OC)cc2OC)c1-c1ccc(C2=CCN(C(=O)OC(C)(C)C)CC2)cc1. The Morgan fingerprint density at radius 2 is 1.64 bits per heavy atom. The smallest absolute Gasteiger partial charge is 0.410 e. The van der Waals surface area contributed by atoms with Gasteiger partial charge in [-0.05, 0) is 62.4 Å². The van der Waals surface area contributed by atoms with Crippen LogP contribution in [0.5, 0.6) is 17.2 Å². The van der Waals surface area contributed by atoms with Crippen LogP contribution in [0.1, 0.15) is 61.2 Å². The van der Waals surface area contributed by atoms with Crippen LogP contribution in [-0.2, 0) is 27.2 Å². The number of pyridine rings is 1. The van der Waals surface area contributed by atoms with Gasteiger partial charge in [-0.3, -0.25) is 4.79 Å². The summed E-state index contributed by atoms with van der Waals surface area (Å²) in [5.41, 5.74) is 3.46. The first kappa shape index (κ1) is 35.1. The quantitative estimate of drug-likeness (QED) is 0.184. The lowest BCUT2D eigenvalue weighted by molar-refractivity contribution is 0.0270. The Morgan fingerprint density at radius 1 is 0.936 bits per heavy atom. The average Bonchev–Trinajstić information content (AvgIpc) is 3.07. The summed E-state index contributed by atoms with van der Waals surface area (Å²) >= 11 is 0. The van der Waals surface area contributed by atoms with Crippen molar-refractivity contribution in [2.45, 2.75) is 52.7 Å². The summed E-state index contributed by atoms with van der Waals surface area (Å²) in [7, 11) is 5.80. The number of carbonyl (C=O) groups is 2. The minimum Gasteiger partial charge on any atom is -0.497 e. The Bertz CT molecular complexity index is 1680. The largest absolute Gasteiger partial charge is 0.497 e. The number of esters is 1. The van der Waals surface area contributed by atoms with Crippen LogP contribution >= 0.6 is 0 Å². The lowest BCUT2D eigenvalue weighted by atomic mass is 9.95. The molecule has 0 saturated heterocycles. The number of methoxy groups -OCH3 is 4. The fourth-order valence-electron chi connectivity index (χ4n) is 5.54. The Kier molecular flexibility index (Phi) is 11.4. The van der Waals surface area contributed by atoms with Crippen LogP contribution in [0, 0.1) is 0 Å². The molecular formula is C36H44N2O9. The Balaban J connectivity index is 1.83. The fourth-order valence-corrected chi connectivity index (χ4v) is 5.54. The van der Waals surface area contributed by atoms with Gasteiger partial charge in [-0.2, -0.15) is 0 Å². The van der Waals surface area contributed by atoms with Gasteiger partial charge in [0.1, 0.15) is 22.8 Å². The highest BCUT2D eigenvalue weighted by Gasteiger charge is 2.29. The molecule has 4 rings (SSSR count). The van der Waals surface area contributed by atoms with E-state index in [2.05, 4.69) is 0 Å². The van der Waals surface area contributed by atoms with Gasteiger partial charge in [-0.15, -0.1) is 0 Å². The number of ether oxygens (including phenoxy) is 6. The minimum atomic E-state index is -0.808. The van der Waals surface area contributed by atoms with E-state index in [4.69, 9.17) is 28.4 Å². The monoisotopic (exact) mass is 648 g/mol. The zero-order chi connectivity index (χ0) is 34.3. The summed E-state index contributed by atoms with van der Waals surface area (Å²) in [6.07, 6.45) is 2.81. The van der Waals surface area contributed by atoms with Gasteiger partial charge in [0.05, 0.1) is 33.6 Å². The lowest BCUT2D eigenvalue weighted by Crippen LogP contribution is -2.39. The molecule has 1 aromatic heterocycles. The van der Waals surface area contributed by atoms with Crippen LogP contribution in [0.3, 0.4) is 0 Å². The van der Waals surface area contributed by atoms with Crippen molar-refractivity contribution in [3.8, 4) is 28.5 Å². The van der Waals surface area contributed by atoms with E-state index in [1.807, 2.05) is 64.1 Å². The molecule has 0 N–H and O–H groups in total. The fraction of sp³-hybridized carbons (Fsp3) is 0.417. The topological polar surface area (TPSA) is 115 Å². The zero-order valence-corrected chi connectivity index (χ0v) is 28.4.